The van der Waals surface area contributed by atoms with Crippen molar-refractivity contribution in [2.24, 2.45) is 0 Å². The number of rotatable bonds is 6. The second kappa shape index (κ2) is 8.93. The van der Waals surface area contributed by atoms with Crippen LogP contribution in [-0.2, 0) is 0 Å². The first kappa shape index (κ1) is 21.1. The fraction of sp³-hybridized carbons (Fsp3) is 0.304. The van der Waals surface area contributed by atoms with E-state index in [0.29, 0.717) is 61.8 Å². The number of anilines is 1. The lowest BCUT2D eigenvalue weighted by Gasteiger charge is -2.36. The zero-order valence-corrected chi connectivity index (χ0v) is 17.2. The summed E-state index contributed by atoms with van der Waals surface area (Å²) in [7, 11) is 0. The number of carbonyl (C=O) groups excluding carboxylic acids is 1. The summed E-state index contributed by atoms with van der Waals surface area (Å²) in [6.07, 6.45) is 1.80. The van der Waals surface area contributed by atoms with Crippen LogP contribution in [-0.4, -0.2) is 53.2 Å². The smallest absolute Gasteiger partial charge is 0.167 e. The lowest BCUT2D eigenvalue weighted by Crippen LogP contribution is -2.47. The Kier molecular flexibility index (Phi) is 6.08. The molecule has 2 aromatic carbocycles. The van der Waals surface area contributed by atoms with Crippen molar-refractivity contribution in [2.45, 2.75) is 13.3 Å². The highest BCUT2D eigenvalue weighted by Crippen LogP contribution is 2.21. The van der Waals surface area contributed by atoms with Crippen molar-refractivity contribution in [3.05, 3.63) is 77.4 Å². The van der Waals surface area contributed by atoms with E-state index in [1.165, 1.54) is 29.1 Å². The molecule has 0 atom stereocenters. The summed E-state index contributed by atoms with van der Waals surface area (Å²) in [5, 5.41) is 4.19. The molecule has 0 amide bonds. The van der Waals surface area contributed by atoms with Gasteiger partial charge >= 0.3 is 0 Å². The predicted octanol–water partition coefficient (Wildman–Crippen LogP) is 3.99. The van der Waals surface area contributed by atoms with Crippen molar-refractivity contribution >= 4 is 11.5 Å². The first-order valence-corrected chi connectivity index (χ1v) is 10.2. The molecule has 1 aromatic heterocycles. The summed E-state index contributed by atoms with van der Waals surface area (Å²) in [6, 6.07) is 9.83. The summed E-state index contributed by atoms with van der Waals surface area (Å²) in [4.78, 5) is 16.8. The maximum absolute atomic E-state index is 14.1. The van der Waals surface area contributed by atoms with Gasteiger partial charge in [-0.3, -0.25) is 9.69 Å². The van der Waals surface area contributed by atoms with Crippen LogP contribution in [0.4, 0.5) is 18.9 Å². The minimum absolute atomic E-state index is 0.0466. The van der Waals surface area contributed by atoms with E-state index >= 15 is 0 Å². The molecule has 1 aliphatic rings. The molecule has 5 nitrogen and oxygen atoms in total. The van der Waals surface area contributed by atoms with Crippen molar-refractivity contribution in [1.82, 2.24) is 14.7 Å². The van der Waals surface area contributed by atoms with E-state index in [1.54, 1.807) is 25.1 Å². The Morgan fingerprint density at radius 2 is 1.68 bits per heavy atom. The van der Waals surface area contributed by atoms with Gasteiger partial charge in [-0.1, -0.05) is 12.1 Å². The number of ketones is 1. The van der Waals surface area contributed by atoms with E-state index < -0.39 is 17.5 Å². The second-order valence-corrected chi connectivity index (χ2v) is 7.64. The molecule has 0 aliphatic carbocycles. The van der Waals surface area contributed by atoms with Gasteiger partial charge in [-0.2, -0.15) is 5.10 Å². The fourth-order valence-electron chi connectivity index (χ4n) is 3.90. The van der Waals surface area contributed by atoms with Gasteiger partial charge in [-0.25, -0.2) is 17.9 Å². The zero-order valence-electron chi connectivity index (χ0n) is 17.2. The highest BCUT2D eigenvalue weighted by molar-refractivity contribution is 5.97. The average molecular weight is 428 g/mol. The molecule has 1 saturated heterocycles. The maximum Gasteiger partial charge on any atom is 0.167 e. The standard InChI is InChI=1S/C23H23F3N4O/c1-16-20(15-27-30(16)22-5-3-2-4-21(22)26)23(31)6-7-28-8-10-29(11-9-28)19-13-17(24)12-18(25)14-19/h2-5,12-15H,6-11H2,1H3. The molecule has 3 aromatic rings. The normalized spacial score (nSPS) is 14.8. The maximum atomic E-state index is 14.1. The number of halogens is 3. The molecule has 1 aliphatic heterocycles. The van der Waals surface area contributed by atoms with Crippen LogP contribution in [0.25, 0.3) is 5.69 Å². The number of para-hydroxylation sites is 1. The average Bonchev–Trinajstić information content (AvgIpc) is 3.13. The number of hydrogen-bond donors (Lipinski definition) is 0. The van der Waals surface area contributed by atoms with Gasteiger partial charge in [0, 0.05) is 50.9 Å². The molecule has 0 radical (unpaired) electrons. The second-order valence-electron chi connectivity index (χ2n) is 7.64. The minimum Gasteiger partial charge on any atom is -0.369 e. The van der Waals surface area contributed by atoms with Crippen LogP contribution in [0.2, 0.25) is 0 Å². The van der Waals surface area contributed by atoms with Crippen LogP contribution in [0.5, 0.6) is 0 Å². The number of aromatic nitrogens is 2. The number of nitrogens with zero attached hydrogens (tertiary/aromatic N) is 4. The first-order valence-electron chi connectivity index (χ1n) is 10.2. The number of carbonyl (C=O) groups is 1. The molecule has 1 fully saturated rings. The van der Waals surface area contributed by atoms with Crippen LogP contribution in [0.3, 0.4) is 0 Å². The molecule has 4 rings (SSSR count). The van der Waals surface area contributed by atoms with E-state index in [1.807, 2.05) is 4.90 Å². The quantitative estimate of drug-likeness (QED) is 0.557. The Labute approximate surface area is 178 Å². The summed E-state index contributed by atoms with van der Waals surface area (Å²) in [6.45, 7) is 4.97. The summed E-state index contributed by atoms with van der Waals surface area (Å²) >= 11 is 0. The number of piperazine rings is 1. The molecule has 8 heteroatoms. The third-order valence-electron chi connectivity index (χ3n) is 5.63. The van der Waals surface area contributed by atoms with Crippen molar-refractivity contribution in [3.8, 4) is 5.69 Å². The Hall–Kier alpha value is -3.13. The topological polar surface area (TPSA) is 41.4 Å². The van der Waals surface area contributed by atoms with E-state index in [-0.39, 0.29) is 5.78 Å². The summed E-state index contributed by atoms with van der Waals surface area (Å²) < 4.78 is 42.4. The van der Waals surface area contributed by atoms with Gasteiger partial charge in [0.1, 0.15) is 23.1 Å². The number of Topliss-reactive ketones (excluding diaryl/α,β-unsaturated/α-hetero) is 1. The molecule has 0 unspecified atom stereocenters. The Morgan fingerprint density at radius 3 is 2.35 bits per heavy atom. The number of benzene rings is 2. The van der Waals surface area contributed by atoms with Crippen molar-refractivity contribution in [2.75, 3.05) is 37.6 Å². The largest absolute Gasteiger partial charge is 0.369 e. The lowest BCUT2D eigenvalue weighted by atomic mass is 10.1. The predicted molar refractivity (Wildman–Crippen MR) is 112 cm³/mol. The molecular weight excluding hydrogens is 405 g/mol. The van der Waals surface area contributed by atoms with E-state index in [2.05, 4.69) is 10.00 Å². The lowest BCUT2D eigenvalue weighted by molar-refractivity contribution is 0.0962. The molecule has 0 spiro atoms. The monoisotopic (exact) mass is 428 g/mol. The van der Waals surface area contributed by atoms with Crippen LogP contribution < -0.4 is 4.90 Å². The van der Waals surface area contributed by atoms with Crippen LogP contribution in [0.15, 0.2) is 48.7 Å². The molecular formula is C23H23F3N4O. The molecule has 162 valence electrons. The van der Waals surface area contributed by atoms with Gasteiger partial charge in [0.15, 0.2) is 5.78 Å². The summed E-state index contributed by atoms with van der Waals surface area (Å²) in [5.74, 6) is -1.62. The molecule has 31 heavy (non-hydrogen) atoms. The Morgan fingerprint density at radius 1 is 1.00 bits per heavy atom. The number of hydrogen-bond acceptors (Lipinski definition) is 4. The van der Waals surface area contributed by atoms with E-state index in [9.17, 15) is 18.0 Å². The van der Waals surface area contributed by atoms with Crippen molar-refractivity contribution < 1.29 is 18.0 Å². The van der Waals surface area contributed by atoms with Gasteiger partial charge < -0.3 is 4.90 Å². The molecule has 0 N–H and O–H groups in total. The van der Waals surface area contributed by atoms with Crippen molar-refractivity contribution in [1.29, 1.82) is 0 Å². The molecule has 0 bridgehead atoms. The van der Waals surface area contributed by atoms with Crippen molar-refractivity contribution in [3.63, 3.8) is 0 Å². The SMILES string of the molecule is Cc1c(C(=O)CCN2CCN(c3cc(F)cc(F)c3)CC2)cnn1-c1ccccc1F. The first-order chi connectivity index (χ1) is 14.9. The van der Waals surface area contributed by atoms with Crippen LogP contribution in [0.1, 0.15) is 22.5 Å². The van der Waals surface area contributed by atoms with E-state index in [0.717, 1.165) is 6.07 Å². The van der Waals surface area contributed by atoms with Crippen LogP contribution in [0, 0.1) is 24.4 Å². The van der Waals surface area contributed by atoms with Gasteiger partial charge in [-0.15, -0.1) is 0 Å². The molecule has 2 heterocycles. The Balaban J connectivity index is 1.33. The third-order valence-corrected chi connectivity index (χ3v) is 5.63. The van der Waals surface area contributed by atoms with Gasteiger partial charge in [0.05, 0.1) is 17.5 Å². The van der Waals surface area contributed by atoms with E-state index in [4.69, 9.17) is 0 Å². The highest BCUT2D eigenvalue weighted by atomic mass is 19.1. The fourth-order valence-corrected chi connectivity index (χ4v) is 3.90. The summed E-state index contributed by atoms with van der Waals surface area (Å²) in [5.41, 5.74) is 1.93. The van der Waals surface area contributed by atoms with Gasteiger partial charge in [-0.05, 0) is 31.2 Å². The molecule has 0 saturated carbocycles. The Bertz CT molecular complexity index is 1070. The highest BCUT2D eigenvalue weighted by Gasteiger charge is 2.21. The van der Waals surface area contributed by atoms with Gasteiger partial charge in [0.2, 0.25) is 0 Å². The third kappa shape index (κ3) is 4.64. The zero-order chi connectivity index (χ0) is 22.0. The van der Waals surface area contributed by atoms with Gasteiger partial charge in [0.25, 0.3) is 0 Å². The minimum atomic E-state index is -0.589. The van der Waals surface area contributed by atoms with Crippen LogP contribution >= 0.6 is 0 Å².